The quantitative estimate of drug-likeness (QED) is 0.316. The zero-order valence-electron chi connectivity index (χ0n) is 17.1. The van der Waals surface area contributed by atoms with E-state index in [0.717, 1.165) is 64.8 Å². The van der Waals surface area contributed by atoms with Gasteiger partial charge >= 0.3 is 0 Å². The molecule has 2 fully saturated rings. The number of guanidine groups is 1. The molecule has 2 N–H and O–H groups in total. The van der Waals surface area contributed by atoms with Gasteiger partial charge in [0.1, 0.15) is 0 Å². The second kappa shape index (κ2) is 12.4. The monoisotopic (exact) mass is 482 g/mol. The van der Waals surface area contributed by atoms with Crippen LogP contribution >= 0.6 is 24.0 Å². The highest BCUT2D eigenvalue weighted by Gasteiger charge is 2.29. The van der Waals surface area contributed by atoms with E-state index in [1.54, 1.807) is 0 Å². The summed E-state index contributed by atoms with van der Waals surface area (Å²) in [5.74, 6) is 1.58. The maximum atomic E-state index is 5.86. The topological polar surface area (TPSA) is 58.1 Å². The molecular weight excluding hydrogens is 443 g/mol. The Bertz CT molecular complexity index is 408. The van der Waals surface area contributed by atoms with Crippen molar-refractivity contribution < 1.29 is 9.47 Å². The average Bonchev–Trinajstić information content (AvgIpc) is 3.03. The van der Waals surface area contributed by atoms with E-state index in [2.05, 4.69) is 43.2 Å². The first kappa shape index (κ1) is 23.9. The maximum Gasteiger partial charge on any atom is 0.191 e. The molecule has 2 aliphatic heterocycles. The third-order valence-electron chi connectivity index (χ3n) is 5.03. The first-order valence-electron chi connectivity index (χ1n) is 10.0. The first-order valence-corrected chi connectivity index (χ1v) is 10.0. The minimum atomic E-state index is -0.0934. The summed E-state index contributed by atoms with van der Waals surface area (Å²) in [7, 11) is 0. The summed E-state index contributed by atoms with van der Waals surface area (Å²) in [6.45, 7) is 16.0. The highest BCUT2D eigenvalue weighted by molar-refractivity contribution is 14.0. The highest BCUT2D eigenvalue weighted by atomic mass is 127. The lowest BCUT2D eigenvalue weighted by Gasteiger charge is -2.35. The molecule has 0 bridgehead atoms. The van der Waals surface area contributed by atoms with E-state index in [1.165, 1.54) is 6.42 Å². The number of hydrogen-bond acceptors (Lipinski definition) is 4. The van der Waals surface area contributed by atoms with E-state index >= 15 is 0 Å². The van der Waals surface area contributed by atoms with E-state index < -0.39 is 0 Å². The molecule has 0 radical (unpaired) electrons. The third-order valence-corrected chi connectivity index (χ3v) is 5.03. The predicted octanol–water partition coefficient (Wildman–Crippen LogP) is 2.48. The number of hydrogen-bond donors (Lipinski definition) is 2. The smallest absolute Gasteiger partial charge is 0.191 e. The minimum Gasteiger partial charge on any atom is -0.379 e. The predicted molar refractivity (Wildman–Crippen MR) is 119 cm³/mol. The van der Waals surface area contributed by atoms with Gasteiger partial charge in [-0.25, -0.2) is 0 Å². The SMILES string of the molecule is CCNC(=NCC1(C)CCCO1)NCC(CC(C)C)N1CCOCC1.I. The summed E-state index contributed by atoms with van der Waals surface area (Å²) < 4.78 is 11.4. The molecule has 7 heteroatoms. The zero-order chi connectivity index (χ0) is 18.1. The van der Waals surface area contributed by atoms with E-state index in [1.807, 2.05) is 0 Å². The Balaban J connectivity index is 0.00000338. The Labute approximate surface area is 176 Å². The van der Waals surface area contributed by atoms with Gasteiger partial charge in [0, 0.05) is 38.8 Å². The number of nitrogens with one attached hydrogen (secondary N) is 2. The number of ether oxygens (including phenoxy) is 2. The van der Waals surface area contributed by atoms with Crippen molar-refractivity contribution in [3.05, 3.63) is 0 Å². The molecule has 26 heavy (non-hydrogen) atoms. The average molecular weight is 482 g/mol. The summed E-state index contributed by atoms with van der Waals surface area (Å²) in [6, 6.07) is 0.520. The second-order valence-corrected chi connectivity index (χ2v) is 7.91. The molecule has 2 atom stereocenters. The van der Waals surface area contributed by atoms with Crippen molar-refractivity contribution in [3.63, 3.8) is 0 Å². The molecule has 0 saturated carbocycles. The molecule has 6 nitrogen and oxygen atoms in total. The van der Waals surface area contributed by atoms with Crippen LogP contribution < -0.4 is 10.6 Å². The van der Waals surface area contributed by atoms with E-state index in [9.17, 15) is 0 Å². The summed E-state index contributed by atoms with van der Waals surface area (Å²) in [6.07, 6.45) is 3.43. The molecule has 2 aliphatic rings. The van der Waals surface area contributed by atoms with Gasteiger partial charge < -0.3 is 20.1 Å². The Morgan fingerprint density at radius 3 is 2.50 bits per heavy atom. The molecule has 0 spiro atoms. The van der Waals surface area contributed by atoms with Crippen LogP contribution in [0, 0.1) is 5.92 Å². The molecule has 154 valence electrons. The molecule has 0 aliphatic carbocycles. The Morgan fingerprint density at radius 1 is 1.19 bits per heavy atom. The fraction of sp³-hybridized carbons (Fsp3) is 0.947. The van der Waals surface area contributed by atoms with Gasteiger partial charge in [-0.15, -0.1) is 24.0 Å². The van der Waals surface area contributed by atoms with Gasteiger partial charge in [-0.1, -0.05) is 13.8 Å². The molecule has 2 unspecified atom stereocenters. The van der Waals surface area contributed by atoms with Crippen molar-refractivity contribution in [1.29, 1.82) is 0 Å². The minimum absolute atomic E-state index is 0. The molecule has 2 saturated heterocycles. The highest BCUT2D eigenvalue weighted by Crippen LogP contribution is 2.25. The van der Waals surface area contributed by atoms with Crippen LogP contribution in [-0.2, 0) is 9.47 Å². The van der Waals surface area contributed by atoms with Crippen LogP contribution in [0.15, 0.2) is 4.99 Å². The second-order valence-electron chi connectivity index (χ2n) is 7.91. The number of morpholine rings is 1. The zero-order valence-corrected chi connectivity index (χ0v) is 19.4. The standard InChI is InChI=1S/C19H38N4O2.HI/c1-5-20-18(22-15-19(4)7-6-10-25-19)21-14-17(13-16(2)3)23-8-11-24-12-9-23;/h16-17H,5-15H2,1-4H3,(H2,20,21,22);1H. The molecule has 2 rings (SSSR count). The van der Waals surface area contributed by atoms with Gasteiger partial charge in [0.2, 0.25) is 0 Å². The number of halogens is 1. The van der Waals surface area contributed by atoms with Crippen LogP contribution in [0.3, 0.4) is 0 Å². The van der Waals surface area contributed by atoms with Crippen LogP contribution in [0.1, 0.15) is 47.0 Å². The van der Waals surface area contributed by atoms with Crippen molar-refractivity contribution in [1.82, 2.24) is 15.5 Å². The fourth-order valence-electron chi connectivity index (χ4n) is 3.61. The molecule has 0 aromatic carbocycles. The number of nitrogens with zero attached hydrogens (tertiary/aromatic N) is 2. The first-order chi connectivity index (χ1) is 12.0. The summed E-state index contributed by atoms with van der Waals surface area (Å²) in [4.78, 5) is 7.35. The van der Waals surface area contributed by atoms with Crippen molar-refractivity contribution in [2.45, 2.75) is 58.6 Å². The lowest BCUT2D eigenvalue weighted by atomic mass is 10.0. The van der Waals surface area contributed by atoms with Crippen LogP contribution in [-0.4, -0.2) is 75.0 Å². The Hall–Kier alpha value is -0.120. The lowest BCUT2D eigenvalue weighted by Crippen LogP contribution is -2.51. The maximum absolute atomic E-state index is 5.86. The van der Waals surface area contributed by atoms with Gasteiger partial charge in [0.25, 0.3) is 0 Å². The van der Waals surface area contributed by atoms with E-state index in [0.29, 0.717) is 18.5 Å². The Kier molecular flexibility index (Phi) is 11.4. The van der Waals surface area contributed by atoms with Crippen molar-refractivity contribution >= 4 is 29.9 Å². The lowest BCUT2D eigenvalue weighted by molar-refractivity contribution is 0.0132. The van der Waals surface area contributed by atoms with Crippen LogP contribution in [0.5, 0.6) is 0 Å². The van der Waals surface area contributed by atoms with E-state index in [-0.39, 0.29) is 29.6 Å². The summed E-state index contributed by atoms with van der Waals surface area (Å²) in [5, 5.41) is 6.94. The van der Waals surface area contributed by atoms with Crippen molar-refractivity contribution in [3.8, 4) is 0 Å². The van der Waals surface area contributed by atoms with Crippen LogP contribution in [0.4, 0.5) is 0 Å². The number of aliphatic imine (C=N–C) groups is 1. The third kappa shape index (κ3) is 8.27. The van der Waals surface area contributed by atoms with Crippen LogP contribution in [0.25, 0.3) is 0 Å². The molecular formula is C19H39IN4O2. The van der Waals surface area contributed by atoms with Gasteiger partial charge in [-0.05, 0) is 39.0 Å². The Morgan fingerprint density at radius 2 is 1.92 bits per heavy atom. The van der Waals surface area contributed by atoms with Gasteiger partial charge in [-0.2, -0.15) is 0 Å². The van der Waals surface area contributed by atoms with Gasteiger partial charge in [0.15, 0.2) is 5.96 Å². The van der Waals surface area contributed by atoms with Gasteiger partial charge in [-0.3, -0.25) is 9.89 Å². The van der Waals surface area contributed by atoms with Crippen molar-refractivity contribution in [2.75, 3.05) is 52.5 Å². The number of rotatable bonds is 8. The van der Waals surface area contributed by atoms with Gasteiger partial charge in [0.05, 0.1) is 25.4 Å². The molecule has 2 heterocycles. The largest absolute Gasteiger partial charge is 0.379 e. The summed E-state index contributed by atoms with van der Waals surface area (Å²) >= 11 is 0. The molecule has 0 aromatic rings. The van der Waals surface area contributed by atoms with Crippen LogP contribution in [0.2, 0.25) is 0 Å². The van der Waals surface area contributed by atoms with E-state index in [4.69, 9.17) is 14.5 Å². The summed E-state index contributed by atoms with van der Waals surface area (Å²) in [5.41, 5.74) is -0.0934. The van der Waals surface area contributed by atoms with Crippen molar-refractivity contribution in [2.24, 2.45) is 10.9 Å². The fourth-order valence-corrected chi connectivity index (χ4v) is 3.61. The molecule has 0 aromatic heterocycles. The molecule has 0 amide bonds. The normalized spacial score (nSPS) is 25.8.